The number of ether oxygens (including phenoxy) is 2. The average molecular weight is 508 g/mol. The highest BCUT2D eigenvalue weighted by Gasteiger charge is 2.31. The van der Waals surface area contributed by atoms with E-state index in [2.05, 4.69) is 40.0 Å². The monoisotopic (exact) mass is 507 g/mol. The summed E-state index contributed by atoms with van der Waals surface area (Å²) in [6.45, 7) is 8.65. The van der Waals surface area contributed by atoms with Gasteiger partial charge < -0.3 is 9.47 Å². The second-order valence-electron chi connectivity index (χ2n) is 9.32. The molecule has 0 saturated carbocycles. The molecule has 1 aliphatic heterocycles. The number of nitrogens with one attached hydrogen (secondary N) is 3. The van der Waals surface area contributed by atoms with Gasteiger partial charge in [-0.05, 0) is 32.3 Å². The predicted octanol–water partition coefficient (Wildman–Crippen LogP) is 3.43. The topological polar surface area (TPSA) is 114 Å². The Labute approximate surface area is 209 Å². The summed E-state index contributed by atoms with van der Waals surface area (Å²) in [5.41, 5.74) is 4.02. The maximum Gasteiger partial charge on any atom is 0.272 e. The van der Waals surface area contributed by atoms with Gasteiger partial charge in [-0.25, -0.2) is 14.4 Å². The molecule has 1 aromatic heterocycles. The van der Waals surface area contributed by atoms with Crippen molar-refractivity contribution in [1.29, 1.82) is 0 Å². The third-order valence-electron chi connectivity index (χ3n) is 5.34. The SMILES string of the molecule is CC(C)CCCc1ncc(C(=O)NNC(=O)c2cc(F)c(OCC3COC(C)(C)N3)cc2Cl)cn1. The van der Waals surface area contributed by atoms with Gasteiger partial charge in [0.1, 0.15) is 18.2 Å². The van der Waals surface area contributed by atoms with Gasteiger partial charge in [-0.15, -0.1) is 0 Å². The highest BCUT2D eigenvalue weighted by atomic mass is 35.5. The van der Waals surface area contributed by atoms with Crippen molar-refractivity contribution >= 4 is 23.4 Å². The van der Waals surface area contributed by atoms with E-state index in [1.807, 2.05) is 13.8 Å². The third-order valence-corrected chi connectivity index (χ3v) is 5.65. The molecule has 35 heavy (non-hydrogen) atoms. The van der Waals surface area contributed by atoms with Gasteiger partial charge in [0.2, 0.25) is 0 Å². The summed E-state index contributed by atoms with van der Waals surface area (Å²) in [4.78, 5) is 33.1. The molecule has 9 nitrogen and oxygen atoms in total. The normalized spacial score (nSPS) is 16.8. The van der Waals surface area contributed by atoms with Crippen molar-refractivity contribution in [2.45, 2.75) is 58.7 Å². The minimum atomic E-state index is -0.785. The minimum Gasteiger partial charge on any atom is -0.489 e. The second kappa shape index (κ2) is 11.7. The summed E-state index contributed by atoms with van der Waals surface area (Å²) < 4.78 is 25.6. The largest absolute Gasteiger partial charge is 0.489 e. The van der Waals surface area contributed by atoms with Crippen LogP contribution in [0.4, 0.5) is 4.39 Å². The van der Waals surface area contributed by atoms with Crippen LogP contribution in [-0.2, 0) is 11.2 Å². The molecule has 1 aliphatic rings. The summed E-state index contributed by atoms with van der Waals surface area (Å²) in [7, 11) is 0. The molecule has 3 rings (SSSR count). The molecule has 2 aromatic rings. The molecular formula is C24H31ClFN5O4. The van der Waals surface area contributed by atoms with Gasteiger partial charge in [0.05, 0.1) is 28.8 Å². The van der Waals surface area contributed by atoms with Crippen molar-refractivity contribution in [3.8, 4) is 5.75 Å². The van der Waals surface area contributed by atoms with Crippen molar-refractivity contribution in [3.05, 3.63) is 52.3 Å². The molecule has 2 amide bonds. The number of benzene rings is 1. The van der Waals surface area contributed by atoms with Gasteiger partial charge >= 0.3 is 0 Å². The Kier molecular flexibility index (Phi) is 8.98. The number of aromatic nitrogens is 2. The zero-order chi connectivity index (χ0) is 25.6. The summed E-state index contributed by atoms with van der Waals surface area (Å²) in [5.74, 6) is -0.995. The minimum absolute atomic E-state index is 0.0295. The van der Waals surface area contributed by atoms with Crippen LogP contribution < -0.4 is 20.9 Å². The lowest BCUT2D eigenvalue weighted by atomic mass is 10.1. The maximum absolute atomic E-state index is 14.5. The smallest absolute Gasteiger partial charge is 0.272 e. The standard InChI is InChI=1S/C24H31ClFN5O4/c1-14(2)6-5-7-21-27-10-15(11-28-21)22(32)30-31-23(33)17-8-19(26)20(9-18(17)25)34-12-16-13-35-24(3,4)29-16/h8-11,14,16,29H,5-7,12-13H2,1-4H3,(H,30,32)(H,31,33). The first-order chi connectivity index (χ1) is 16.5. The lowest BCUT2D eigenvalue weighted by molar-refractivity contribution is 0.0230. The Morgan fingerprint density at radius 2 is 1.94 bits per heavy atom. The molecular weight excluding hydrogens is 477 g/mol. The van der Waals surface area contributed by atoms with Gasteiger partial charge in [0.25, 0.3) is 11.8 Å². The number of carbonyl (C=O) groups excluding carboxylic acids is 2. The van der Waals surface area contributed by atoms with E-state index in [1.165, 1.54) is 18.5 Å². The first kappa shape index (κ1) is 26.8. The maximum atomic E-state index is 14.5. The van der Waals surface area contributed by atoms with Crippen LogP contribution >= 0.6 is 11.6 Å². The number of hydrogen-bond acceptors (Lipinski definition) is 7. The van der Waals surface area contributed by atoms with Crippen LogP contribution in [0.2, 0.25) is 5.02 Å². The van der Waals surface area contributed by atoms with Gasteiger partial charge in [0.15, 0.2) is 11.6 Å². The zero-order valence-electron chi connectivity index (χ0n) is 20.3. The van der Waals surface area contributed by atoms with Gasteiger partial charge in [-0.3, -0.25) is 25.8 Å². The Bertz CT molecular complexity index is 1050. The molecule has 1 fully saturated rings. The van der Waals surface area contributed by atoms with Crippen LogP contribution in [0, 0.1) is 11.7 Å². The van der Waals surface area contributed by atoms with Crippen LogP contribution in [0.3, 0.4) is 0 Å². The van der Waals surface area contributed by atoms with Crippen LogP contribution in [0.5, 0.6) is 5.75 Å². The number of carbonyl (C=O) groups is 2. The van der Waals surface area contributed by atoms with Crippen LogP contribution in [0.25, 0.3) is 0 Å². The van der Waals surface area contributed by atoms with Gasteiger partial charge in [-0.1, -0.05) is 31.9 Å². The van der Waals surface area contributed by atoms with Crippen molar-refractivity contribution < 1.29 is 23.5 Å². The summed E-state index contributed by atoms with van der Waals surface area (Å²) in [6.07, 6.45) is 5.54. The van der Waals surface area contributed by atoms with Crippen LogP contribution in [0.15, 0.2) is 24.5 Å². The fourth-order valence-corrected chi connectivity index (χ4v) is 3.74. The van der Waals surface area contributed by atoms with Crippen molar-refractivity contribution in [2.24, 2.45) is 5.92 Å². The van der Waals surface area contributed by atoms with E-state index in [1.54, 1.807) is 0 Å². The Hall–Kier alpha value is -2.82. The third kappa shape index (κ3) is 7.84. The molecule has 2 heterocycles. The fraction of sp³-hybridized carbons (Fsp3) is 0.500. The molecule has 1 saturated heterocycles. The molecule has 3 N–H and O–H groups in total. The Morgan fingerprint density at radius 3 is 2.57 bits per heavy atom. The quantitative estimate of drug-likeness (QED) is 0.445. The van der Waals surface area contributed by atoms with Gasteiger partial charge in [-0.2, -0.15) is 0 Å². The average Bonchev–Trinajstić information content (AvgIpc) is 3.16. The van der Waals surface area contributed by atoms with Crippen LogP contribution in [0.1, 0.15) is 67.1 Å². The first-order valence-corrected chi connectivity index (χ1v) is 11.9. The number of hydrazine groups is 1. The molecule has 0 bridgehead atoms. The second-order valence-corrected chi connectivity index (χ2v) is 9.73. The molecule has 190 valence electrons. The lowest BCUT2D eigenvalue weighted by Gasteiger charge is -2.18. The number of hydrogen-bond donors (Lipinski definition) is 3. The van der Waals surface area contributed by atoms with E-state index in [0.29, 0.717) is 18.3 Å². The molecule has 0 aliphatic carbocycles. The Morgan fingerprint density at radius 1 is 1.26 bits per heavy atom. The molecule has 0 spiro atoms. The first-order valence-electron chi connectivity index (χ1n) is 11.5. The zero-order valence-corrected chi connectivity index (χ0v) is 21.0. The summed E-state index contributed by atoms with van der Waals surface area (Å²) in [5, 5.41) is 3.18. The Balaban J connectivity index is 1.52. The predicted molar refractivity (Wildman–Crippen MR) is 129 cm³/mol. The van der Waals surface area contributed by atoms with E-state index in [-0.39, 0.29) is 34.5 Å². The van der Waals surface area contributed by atoms with E-state index in [0.717, 1.165) is 25.3 Å². The van der Waals surface area contributed by atoms with Crippen molar-refractivity contribution in [2.75, 3.05) is 13.2 Å². The van der Waals surface area contributed by atoms with E-state index >= 15 is 0 Å². The summed E-state index contributed by atoms with van der Waals surface area (Å²) >= 11 is 6.17. The van der Waals surface area contributed by atoms with E-state index in [9.17, 15) is 14.0 Å². The highest BCUT2D eigenvalue weighted by molar-refractivity contribution is 6.34. The number of nitrogens with zero attached hydrogens (tertiary/aromatic N) is 2. The van der Waals surface area contributed by atoms with E-state index < -0.39 is 23.4 Å². The van der Waals surface area contributed by atoms with Crippen LogP contribution in [-0.4, -0.2) is 46.8 Å². The lowest BCUT2D eigenvalue weighted by Crippen LogP contribution is -2.42. The molecule has 11 heteroatoms. The highest BCUT2D eigenvalue weighted by Crippen LogP contribution is 2.27. The number of aryl methyl sites for hydroxylation is 1. The number of amides is 2. The molecule has 0 radical (unpaired) electrons. The molecule has 1 atom stereocenters. The fourth-order valence-electron chi connectivity index (χ4n) is 3.50. The van der Waals surface area contributed by atoms with E-state index in [4.69, 9.17) is 21.1 Å². The number of halogens is 2. The van der Waals surface area contributed by atoms with Crippen molar-refractivity contribution in [3.63, 3.8) is 0 Å². The molecule has 1 aromatic carbocycles. The van der Waals surface area contributed by atoms with Gasteiger partial charge in [0, 0.05) is 24.9 Å². The van der Waals surface area contributed by atoms with Crippen molar-refractivity contribution in [1.82, 2.24) is 26.1 Å². The summed E-state index contributed by atoms with van der Waals surface area (Å²) in [6, 6.07) is 2.07. The molecule has 1 unspecified atom stereocenters. The number of rotatable bonds is 9.